The largest absolute Gasteiger partial charge is 0.346 e. The van der Waals surface area contributed by atoms with Crippen molar-refractivity contribution < 1.29 is 9.59 Å². The van der Waals surface area contributed by atoms with Gasteiger partial charge < -0.3 is 14.4 Å². The summed E-state index contributed by atoms with van der Waals surface area (Å²) in [5.41, 5.74) is 2.93. The van der Waals surface area contributed by atoms with E-state index in [2.05, 4.69) is 31.0 Å². The lowest BCUT2D eigenvalue weighted by molar-refractivity contribution is -0.129. The van der Waals surface area contributed by atoms with Gasteiger partial charge in [-0.1, -0.05) is 18.2 Å². The molecular weight excluding hydrogens is 352 g/mol. The van der Waals surface area contributed by atoms with Crippen LogP contribution in [0.4, 0.5) is 0 Å². The fourth-order valence-electron chi connectivity index (χ4n) is 4.92. The van der Waals surface area contributed by atoms with Crippen LogP contribution in [0.15, 0.2) is 24.3 Å². The number of piperazine rings is 1. The Morgan fingerprint density at radius 3 is 2.61 bits per heavy atom. The van der Waals surface area contributed by atoms with Gasteiger partial charge in [-0.05, 0) is 38.4 Å². The first-order chi connectivity index (χ1) is 13.3. The van der Waals surface area contributed by atoms with E-state index in [1.54, 1.807) is 0 Å². The summed E-state index contributed by atoms with van der Waals surface area (Å²) in [7, 11) is 6.00. The molecule has 2 aromatic rings. The van der Waals surface area contributed by atoms with Crippen LogP contribution in [0.2, 0.25) is 0 Å². The van der Waals surface area contributed by atoms with Gasteiger partial charge in [0.15, 0.2) is 0 Å². The van der Waals surface area contributed by atoms with Crippen molar-refractivity contribution in [2.45, 2.75) is 31.7 Å². The number of carbonyl (C=O) groups is 2. The van der Waals surface area contributed by atoms with Gasteiger partial charge in [0.25, 0.3) is 5.91 Å². The van der Waals surface area contributed by atoms with E-state index in [0.717, 1.165) is 49.1 Å². The Morgan fingerprint density at radius 2 is 1.86 bits per heavy atom. The molecule has 2 amide bonds. The van der Waals surface area contributed by atoms with Crippen LogP contribution < -0.4 is 0 Å². The minimum absolute atomic E-state index is 0.0921. The zero-order valence-electron chi connectivity index (χ0n) is 17.4. The highest BCUT2D eigenvalue weighted by Gasteiger charge is 2.43. The lowest BCUT2D eigenvalue weighted by Gasteiger charge is -2.49. The third kappa shape index (κ3) is 3.00. The number of aromatic nitrogens is 1. The quantitative estimate of drug-likeness (QED) is 0.760. The van der Waals surface area contributed by atoms with Crippen molar-refractivity contribution in [2.24, 2.45) is 7.05 Å². The summed E-state index contributed by atoms with van der Waals surface area (Å²) in [5.74, 6) is 0.299. The topological polar surface area (TPSA) is 48.8 Å². The van der Waals surface area contributed by atoms with Crippen LogP contribution in [0.5, 0.6) is 0 Å². The molecule has 6 heteroatoms. The predicted molar refractivity (Wildman–Crippen MR) is 110 cm³/mol. The number of fused-ring (bicyclic) bond motifs is 1. The number of likely N-dealkylation sites (N-methyl/N-ethyl adjacent to an activating group) is 1. The number of benzene rings is 1. The van der Waals surface area contributed by atoms with Crippen molar-refractivity contribution in [3.8, 4) is 0 Å². The van der Waals surface area contributed by atoms with E-state index in [0.29, 0.717) is 13.0 Å². The average molecular weight is 383 g/mol. The molecule has 0 saturated carbocycles. The molecule has 0 N–H and O–H groups in total. The van der Waals surface area contributed by atoms with Gasteiger partial charge in [0.1, 0.15) is 5.69 Å². The zero-order chi connectivity index (χ0) is 20.1. The molecule has 4 rings (SSSR count). The van der Waals surface area contributed by atoms with Gasteiger partial charge >= 0.3 is 0 Å². The fraction of sp³-hybridized carbons (Fsp3) is 0.545. The number of rotatable bonds is 1. The summed E-state index contributed by atoms with van der Waals surface area (Å²) in [5, 5.41) is 1.11. The molecule has 1 aromatic carbocycles. The maximum Gasteiger partial charge on any atom is 0.270 e. The number of hydrogen-bond donors (Lipinski definition) is 0. The highest BCUT2D eigenvalue weighted by molar-refractivity contribution is 5.99. The van der Waals surface area contributed by atoms with Crippen LogP contribution in [0.1, 0.15) is 35.3 Å². The normalized spacial score (nSPS) is 24.2. The SMILES string of the molecule is Cc1cccc2cc(C(=O)N3CCN(C)[C@]4(CCC(=O)N(C)CC4)C3)n(C)c12. The Kier molecular flexibility index (Phi) is 4.70. The number of likely N-dealkylation sites (tertiary alicyclic amines) is 1. The van der Waals surface area contributed by atoms with Crippen molar-refractivity contribution >= 4 is 22.7 Å². The first-order valence-electron chi connectivity index (χ1n) is 10.1. The summed E-state index contributed by atoms with van der Waals surface area (Å²) >= 11 is 0. The van der Waals surface area contributed by atoms with E-state index >= 15 is 0 Å². The molecule has 0 unspecified atom stereocenters. The smallest absolute Gasteiger partial charge is 0.270 e. The standard InChI is InChI=1S/C22H30N4O2/c1-16-6-5-7-17-14-18(25(4)20(16)17)21(28)26-13-12-24(3)22(15-26)9-8-19(27)23(2)11-10-22/h5-7,14H,8-13,15H2,1-4H3/t22-/m0/s1. The molecule has 28 heavy (non-hydrogen) atoms. The van der Waals surface area contributed by atoms with Gasteiger partial charge in [-0.3, -0.25) is 14.5 Å². The first kappa shape index (κ1) is 19.0. The summed E-state index contributed by atoms with van der Waals surface area (Å²) in [6, 6.07) is 8.20. The van der Waals surface area contributed by atoms with E-state index < -0.39 is 0 Å². The van der Waals surface area contributed by atoms with Gasteiger partial charge in [0.05, 0.1) is 5.52 Å². The lowest BCUT2D eigenvalue weighted by Crippen LogP contribution is -2.62. The number of nitrogens with zero attached hydrogens (tertiary/aromatic N) is 4. The van der Waals surface area contributed by atoms with Crippen LogP contribution in [0, 0.1) is 6.92 Å². The minimum Gasteiger partial charge on any atom is -0.346 e. The first-order valence-corrected chi connectivity index (χ1v) is 10.1. The minimum atomic E-state index is -0.116. The summed E-state index contributed by atoms with van der Waals surface area (Å²) < 4.78 is 2.03. The molecule has 2 saturated heterocycles. The number of para-hydroxylation sites is 1. The second-order valence-corrected chi connectivity index (χ2v) is 8.54. The molecule has 2 aliphatic rings. The van der Waals surface area contributed by atoms with Crippen LogP contribution in [0.25, 0.3) is 10.9 Å². The fourth-order valence-corrected chi connectivity index (χ4v) is 4.92. The van der Waals surface area contributed by atoms with Crippen molar-refractivity contribution in [1.82, 2.24) is 19.3 Å². The van der Waals surface area contributed by atoms with Gasteiger partial charge in [0.2, 0.25) is 5.91 Å². The summed E-state index contributed by atoms with van der Waals surface area (Å²) in [4.78, 5) is 31.8. The maximum atomic E-state index is 13.5. The monoisotopic (exact) mass is 382 g/mol. The lowest BCUT2D eigenvalue weighted by atomic mass is 9.86. The van der Waals surface area contributed by atoms with Crippen LogP contribution in [0.3, 0.4) is 0 Å². The van der Waals surface area contributed by atoms with Crippen molar-refractivity contribution in [2.75, 3.05) is 40.3 Å². The third-order valence-electron chi connectivity index (χ3n) is 6.91. The van der Waals surface area contributed by atoms with E-state index in [1.165, 1.54) is 5.56 Å². The number of amides is 2. The Morgan fingerprint density at radius 1 is 1.07 bits per heavy atom. The van der Waals surface area contributed by atoms with Crippen LogP contribution in [-0.4, -0.2) is 76.9 Å². The van der Waals surface area contributed by atoms with E-state index in [-0.39, 0.29) is 17.4 Å². The summed E-state index contributed by atoms with van der Waals surface area (Å²) in [6.45, 7) is 5.08. The molecule has 150 valence electrons. The van der Waals surface area contributed by atoms with Crippen molar-refractivity contribution in [3.05, 3.63) is 35.5 Å². The predicted octanol–water partition coefficient (Wildman–Crippen LogP) is 2.26. The second kappa shape index (κ2) is 6.92. The Hall–Kier alpha value is -2.34. The molecular formula is C22H30N4O2. The van der Waals surface area contributed by atoms with Gasteiger partial charge in [0, 0.05) is 57.6 Å². The van der Waals surface area contributed by atoms with Gasteiger partial charge in [-0.15, -0.1) is 0 Å². The zero-order valence-corrected chi connectivity index (χ0v) is 17.4. The second-order valence-electron chi connectivity index (χ2n) is 8.54. The molecule has 3 heterocycles. The highest BCUT2D eigenvalue weighted by Crippen LogP contribution is 2.33. The molecule has 6 nitrogen and oxygen atoms in total. The van der Waals surface area contributed by atoms with Crippen molar-refractivity contribution in [1.29, 1.82) is 0 Å². The van der Waals surface area contributed by atoms with Crippen LogP contribution in [-0.2, 0) is 11.8 Å². The molecule has 1 atom stereocenters. The molecule has 1 spiro atoms. The molecule has 0 bridgehead atoms. The summed E-state index contributed by atoms with van der Waals surface area (Å²) in [6.07, 6.45) is 2.27. The number of aryl methyl sites for hydroxylation is 2. The van der Waals surface area contributed by atoms with Crippen molar-refractivity contribution in [3.63, 3.8) is 0 Å². The van der Waals surface area contributed by atoms with E-state index in [4.69, 9.17) is 0 Å². The molecule has 2 fully saturated rings. The number of carbonyl (C=O) groups excluding carboxylic acids is 2. The Labute approximate surface area is 166 Å². The molecule has 2 aliphatic heterocycles. The Balaban J connectivity index is 1.63. The van der Waals surface area contributed by atoms with Gasteiger partial charge in [-0.25, -0.2) is 0 Å². The molecule has 0 aliphatic carbocycles. The van der Waals surface area contributed by atoms with E-state index in [1.807, 2.05) is 40.6 Å². The maximum absolute atomic E-state index is 13.5. The average Bonchev–Trinajstić information content (AvgIpc) is 2.95. The Bertz CT molecular complexity index is 934. The van der Waals surface area contributed by atoms with E-state index in [9.17, 15) is 9.59 Å². The highest BCUT2D eigenvalue weighted by atomic mass is 16.2. The van der Waals surface area contributed by atoms with Gasteiger partial charge in [-0.2, -0.15) is 0 Å². The molecule has 1 aromatic heterocycles. The third-order valence-corrected chi connectivity index (χ3v) is 6.91. The van der Waals surface area contributed by atoms with Crippen LogP contribution >= 0.6 is 0 Å². The number of hydrogen-bond acceptors (Lipinski definition) is 3. The molecule has 0 radical (unpaired) electrons.